The van der Waals surface area contributed by atoms with E-state index in [0.717, 1.165) is 109 Å². The number of ether oxygens (including phenoxy) is 6. The first kappa shape index (κ1) is 64.8. The number of esters is 2. The molecule has 7 N–H and O–H groups in total. The zero-order valence-electron chi connectivity index (χ0n) is 43.6. The Morgan fingerprint density at radius 2 is 0.875 bits per heavy atom. The molecule has 0 bridgehead atoms. The second kappa shape index (κ2) is 43.0. The standard InChI is InChI=1S/C57H94O15/c1-3-5-7-9-11-13-15-17-19-21-22-24-25-27-29-31-33-35-37-39-48(59)67-42-45(70-49(60)40-38-36-34-32-30-28-26-23-20-18-16-14-12-10-8-6-4-2)43-68-56-55(66)53(64)51(62)47(72-56)44-69-57-54(65)52(63)50(61)46(41-58)71-57/h5,7,11-14,17-20,22,24,27,29,45-47,50-58,61-66H,3-4,6,8-10,15-16,21,23,25-26,28,30-44H2,1-2H3/b7-5+,13-11+,14-12+,19-17+,20-18+,24-22+,29-27+/t45-,46+,47+,50-,51-,52?,53?,54?,55?,56+,57+/m0/s1. The van der Waals surface area contributed by atoms with E-state index < -0.39 is 99.3 Å². The van der Waals surface area contributed by atoms with Crippen LogP contribution in [0.4, 0.5) is 0 Å². The fourth-order valence-electron chi connectivity index (χ4n) is 7.92. The van der Waals surface area contributed by atoms with Crippen molar-refractivity contribution in [2.45, 2.75) is 235 Å². The van der Waals surface area contributed by atoms with Gasteiger partial charge < -0.3 is 64.2 Å². The van der Waals surface area contributed by atoms with Gasteiger partial charge in [-0.05, 0) is 89.9 Å². The van der Waals surface area contributed by atoms with Gasteiger partial charge in [-0.25, -0.2) is 0 Å². The van der Waals surface area contributed by atoms with Gasteiger partial charge in [0.1, 0.15) is 55.4 Å². The number of hydrogen-bond acceptors (Lipinski definition) is 15. The normalized spacial score (nSPS) is 25.7. The number of allylic oxidation sites excluding steroid dienone is 14. The van der Waals surface area contributed by atoms with Crippen LogP contribution in [0, 0.1) is 0 Å². The monoisotopic (exact) mass is 1020 g/mol. The van der Waals surface area contributed by atoms with Crippen LogP contribution in [0.3, 0.4) is 0 Å². The van der Waals surface area contributed by atoms with Crippen molar-refractivity contribution in [3.05, 3.63) is 85.1 Å². The highest BCUT2D eigenvalue weighted by Gasteiger charge is 2.47. The zero-order chi connectivity index (χ0) is 52.4. The van der Waals surface area contributed by atoms with Gasteiger partial charge >= 0.3 is 11.9 Å². The SMILES string of the molecule is CC/C=C/C/C=C/C/C=C/C/C=C/C/C=C/CCCCCC(=O)OC[C@@H](CO[C@@H]1O[C@H](CO[C@@H]2O[C@H](CO)[C@H](O)C(O)C2O)[C@H](O)C(O)C1O)OC(=O)CCCCCCCCC/C=C/C/C=C/CCCCC. The van der Waals surface area contributed by atoms with Gasteiger partial charge in [-0.3, -0.25) is 9.59 Å². The van der Waals surface area contributed by atoms with Crippen LogP contribution in [0.1, 0.15) is 168 Å². The minimum atomic E-state index is -1.78. The number of aliphatic hydroxyl groups is 7. The Morgan fingerprint density at radius 1 is 0.458 bits per heavy atom. The molecule has 0 saturated carbocycles. The predicted molar refractivity (Wildman–Crippen MR) is 279 cm³/mol. The highest BCUT2D eigenvalue weighted by atomic mass is 16.7. The summed E-state index contributed by atoms with van der Waals surface area (Å²) in [5, 5.41) is 72.2. The molecule has 2 aliphatic rings. The van der Waals surface area contributed by atoms with Crippen molar-refractivity contribution < 1.29 is 73.8 Å². The minimum absolute atomic E-state index is 0.144. The van der Waals surface area contributed by atoms with Crippen molar-refractivity contribution in [2.75, 3.05) is 26.4 Å². The number of aliphatic hydroxyl groups excluding tert-OH is 7. The first-order valence-corrected chi connectivity index (χ1v) is 27.2. The largest absolute Gasteiger partial charge is 0.462 e. The molecular weight excluding hydrogens is 925 g/mol. The summed E-state index contributed by atoms with van der Waals surface area (Å²) in [6.07, 6.45) is 36.0. The lowest BCUT2D eigenvalue weighted by Gasteiger charge is -2.42. The van der Waals surface area contributed by atoms with Gasteiger partial charge in [-0.1, -0.05) is 150 Å². The maximum atomic E-state index is 13.0. The van der Waals surface area contributed by atoms with Gasteiger partial charge in [0.15, 0.2) is 18.7 Å². The number of carbonyl (C=O) groups is 2. The maximum Gasteiger partial charge on any atom is 0.306 e. The number of unbranched alkanes of at least 4 members (excludes halogenated alkanes) is 13. The van der Waals surface area contributed by atoms with Crippen LogP contribution in [0.25, 0.3) is 0 Å². The van der Waals surface area contributed by atoms with Crippen molar-refractivity contribution in [1.82, 2.24) is 0 Å². The van der Waals surface area contributed by atoms with E-state index in [4.69, 9.17) is 28.4 Å². The summed E-state index contributed by atoms with van der Waals surface area (Å²) in [5.41, 5.74) is 0. The molecule has 4 unspecified atom stereocenters. The molecule has 0 aromatic heterocycles. The van der Waals surface area contributed by atoms with Crippen molar-refractivity contribution in [1.29, 1.82) is 0 Å². The van der Waals surface area contributed by atoms with E-state index in [2.05, 4.69) is 98.9 Å². The van der Waals surface area contributed by atoms with E-state index in [1.54, 1.807) is 0 Å². The summed E-state index contributed by atoms with van der Waals surface area (Å²) in [5.74, 6) is -0.978. The molecule has 0 radical (unpaired) electrons. The lowest BCUT2D eigenvalue weighted by Crippen LogP contribution is -2.61. The Bertz CT molecular complexity index is 1570. The maximum absolute atomic E-state index is 13.0. The van der Waals surface area contributed by atoms with E-state index >= 15 is 0 Å². The highest BCUT2D eigenvalue weighted by molar-refractivity contribution is 5.70. The second-order valence-corrected chi connectivity index (χ2v) is 18.7. The van der Waals surface area contributed by atoms with E-state index in [-0.39, 0.29) is 19.4 Å². The molecule has 0 spiro atoms. The fraction of sp³-hybridized carbons (Fsp3) is 0.719. The summed E-state index contributed by atoms with van der Waals surface area (Å²) in [6.45, 7) is 2.40. The molecule has 0 amide bonds. The highest BCUT2D eigenvalue weighted by Crippen LogP contribution is 2.26. The Labute approximate surface area is 431 Å². The topological polar surface area (TPSA) is 231 Å². The van der Waals surface area contributed by atoms with E-state index in [1.165, 1.54) is 19.3 Å². The molecule has 15 heteroatoms. The third-order valence-corrected chi connectivity index (χ3v) is 12.4. The molecule has 0 aromatic rings. The molecule has 2 saturated heterocycles. The van der Waals surface area contributed by atoms with Crippen molar-refractivity contribution in [2.24, 2.45) is 0 Å². The average Bonchev–Trinajstić information content (AvgIpc) is 3.37. The Kier molecular flexibility index (Phi) is 38.7. The second-order valence-electron chi connectivity index (χ2n) is 18.7. The van der Waals surface area contributed by atoms with Gasteiger partial charge in [-0.15, -0.1) is 0 Å². The van der Waals surface area contributed by atoms with E-state index in [1.807, 2.05) is 0 Å². The summed E-state index contributed by atoms with van der Waals surface area (Å²) >= 11 is 0. The summed E-state index contributed by atoms with van der Waals surface area (Å²) in [7, 11) is 0. The van der Waals surface area contributed by atoms with Crippen LogP contribution in [0.15, 0.2) is 85.1 Å². The number of rotatable bonds is 41. The van der Waals surface area contributed by atoms with Gasteiger partial charge in [0.25, 0.3) is 0 Å². The van der Waals surface area contributed by atoms with Gasteiger partial charge in [-0.2, -0.15) is 0 Å². The van der Waals surface area contributed by atoms with Crippen LogP contribution in [0.5, 0.6) is 0 Å². The Morgan fingerprint density at radius 3 is 1.39 bits per heavy atom. The molecule has 15 nitrogen and oxygen atoms in total. The predicted octanol–water partition coefficient (Wildman–Crippen LogP) is 8.38. The van der Waals surface area contributed by atoms with Gasteiger partial charge in [0, 0.05) is 12.8 Å². The summed E-state index contributed by atoms with van der Waals surface area (Å²) in [4.78, 5) is 25.8. The molecule has 11 atom stereocenters. The third-order valence-electron chi connectivity index (χ3n) is 12.4. The van der Waals surface area contributed by atoms with Crippen molar-refractivity contribution >= 4 is 11.9 Å². The summed E-state index contributed by atoms with van der Waals surface area (Å²) < 4.78 is 33.6. The Hall–Kier alpha value is -3.32. The van der Waals surface area contributed by atoms with E-state index in [0.29, 0.717) is 12.8 Å². The smallest absolute Gasteiger partial charge is 0.306 e. The molecule has 0 aromatic carbocycles. The molecule has 2 aliphatic heterocycles. The van der Waals surface area contributed by atoms with Crippen molar-refractivity contribution in [3.8, 4) is 0 Å². The van der Waals surface area contributed by atoms with Crippen molar-refractivity contribution in [3.63, 3.8) is 0 Å². The lowest BCUT2D eigenvalue weighted by molar-refractivity contribution is -0.332. The van der Waals surface area contributed by atoms with Crippen LogP contribution < -0.4 is 0 Å². The van der Waals surface area contributed by atoms with Crippen LogP contribution in [-0.4, -0.2) is 142 Å². The average molecular weight is 1020 g/mol. The fourth-order valence-corrected chi connectivity index (χ4v) is 7.92. The molecule has 2 rings (SSSR count). The molecular formula is C57H94O15. The first-order valence-electron chi connectivity index (χ1n) is 27.2. The van der Waals surface area contributed by atoms with Crippen LogP contribution >= 0.6 is 0 Å². The first-order chi connectivity index (χ1) is 35.0. The Balaban J connectivity index is 1.81. The minimum Gasteiger partial charge on any atom is -0.462 e. The molecule has 0 aliphatic carbocycles. The lowest BCUT2D eigenvalue weighted by atomic mass is 9.98. The summed E-state index contributed by atoms with van der Waals surface area (Å²) in [6, 6.07) is 0. The number of carbonyl (C=O) groups excluding carboxylic acids is 2. The molecule has 72 heavy (non-hydrogen) atoms. The van der Waals surface area contributed by atoms with E-state index in [9.17, 15) is 45.3 Å². The van der Waals surface area contributed by atoms with Gasteiger partial charge in [0.2, 0.25) is 0 Å². The molecule has 2 heterocycles. The quantitative estimate of drug-likeness (QED) is 0.0173. The number of hydrogen-bond donors (Lipinski definition) is 7. The zero-order valence-corrected chi connectivity index (χ0v) is 43.6. The van der Waals surface area contributed by atoms with Crippen LogP contribution in [-0.2, 0) is 38.0 Å². The van der Waals surface area contributed by atoms with Crippen LogP contribution in [0.2, 0.25) is 0 Å². The third kappa shape index (κ3) is 30.1. The van der Waals surface area contributed by atoms with Gasteiger partial charge in [0.05, 0.1) is 19.8 Å². The molecule has 412 valence electrons. The molecule has 2 fully saturated rings.